The fraction of sp³-hybridized carbons (Fsp3) is 0.312. The summed E-state index contributed by atoms with van der Waals surface area (Å²) in [5, 5.41) is 2.06. The van der Waals surface area contributed by atoms with Gasteiger partial charge in [-0.15, -0.1) is 11.3 Å². The van der Waals surface area contributed by atoms with Gasteiger partial charge in [-0.3, -0.25) is 4.79 Å². The van der Waals surface area contributed by atoms with E-state index in [1.165, 1.54) is 10.4 Å². The Kier molecular flexibility index (Phi) is 4.93. The highest BCUT2D eigenvalue weighted by Crippen LogP contribution is 2.19. The topological polar surface area (TPSA) is 46.3 Å². The Morgan fingerprint density at radius 1 is 1.30 bits per heavy atom. The van der Waals surface area contributed by atoms with Gasteiger partial charge in [-0.05, 0) is 48.5 Å². The molecular formula is C16H20N2OS. The van der Waals surface area contributed by atoms with Crippen LogP contribution in [0, 0.1) is 6.92 Å². The lowest BCUT2D eigenvalue weighted by Gasteiger charge is -2.19. The zero-order chi connectivity index (χ0) is 14.5. The van der Waals surface area contributed by atoms with Crippen molar-refractivity contribution in [3.63, 3.8) is 0 Å². The van der Waals surface area contributed by atoms with Crippen molar-refractivity contribution in [3.8, 4) is 0 Å². The second-order valence-electron chi connectivity index (χ2n) is 4.88. The molecule has 0 saturated carbocycles. The Morgan fingerprint density at radius 3 is 2.70 bits per heavy atom. The van der Waals surface area contributed by atoms with Gasteiger partial charge in [0.1, 0.15) is 0 Å². The van der Waals surface area contributed by atoms with Crippen LogP contribution in [0.4, 0.5) is 0 Å². The maximum Gasteiger partial charge on any atom is 0.254 e. The standard InChI is InChI=1S/C16H20N2OS/c1-12-8-10-20-15(12)11-18(2)16(19)14-6-4-3-5-13(14)7-9-17/h3-6,8,10H,7,9,11,17H2,1-2H3. The third-order valence-electron chi connectivity index (χ3n) is 3.36. The summed E-state index contributed by atoms with van der Waals surface area (Å²) in [5.41, 5.74) is 8.63. The van der Waals surface area contributed by atoms with Gasteiger partial charge in [-0.2, -0.15) is 0 Å². The van der Waals surface area contributed by atoms with Crippen LogP contribution in [0.5, 0.6) is 0 Å². The predicted octanol–water partition coefficient (Wildman–Crippen LogP) is 2.83. The third kappa shape index (κ3) is 3.26. The summed E-state index contributed by atoms with van der Waals surface area (Å²) in [4.78, 5) is 15.6. The van der Waals surface area contributed by atoms with Crippen LogP contribution in [0.15, 0.2) is 35.7 Å². The highest BCUT2D eigenvalue weighted by molar-refractivity contribution is 7.10. The number of hydrogen-bond acceptors (Lipinski definition) is 3. The molecule has 1 aromatic carbocycles. The molecule has 0 fully saturated rings. The number of benzene rings is 1. The lowest BCUT2D eigenvalue weighted by Crippen LogP contribution is -2.27. The van der Waals surface area contributed by atoms with Crippen molar-refractivity contribution < 1.29 is 4.79 Å². The number of hydrogen-bond donors (Lipinski definition) is 1. The summed E-state index contributed by atoms with van der Waals surface area (Å²) in [6.45, 7) is 3.28. The maximum atomic E-state index is 12.6. The number of aryl methyl sites for hydroxylation is 1. The van der Waals surface area contributed by atoms with E-state index >= 15 is 0 Å². The van der Waals surface area contributed by atoms with Gasteiger partial charge in [-0.25, -0.2) is 0 Å². The zero-order valence-corrected chi connectivity index (χ0v) is 12.7. The highest BCUT2D eigenvalue weighted by atomic mass is 32.1. The smallest absolute Gasteiger partial charge is 0.254 e. The van der Waals surface area contributed by atoms with Crippen LogP contribution in [-0.2, 0) is 13.0 Å². The molecule has 2 aromatic rings. The number of carbonyl (C=O) groups excluding carboxylic acids is 1. The lowest BCUT2D eigenvalue weighted by molar-refractivity contribution is 0.0785. The summed E-state index contributed by atoms with van der Waals surface area (Å²) < 4.78 is 0. The molecule has 1 aromatic heterocycles. The number of nitrogens with two attached hydrogens (primary N) is 1. The van der Waals surface area contributed by atoms with Crippen LogP contribution in [0.1, 0.15) is 26.4 Å². The Bertz CT molecular complexity index is 592. The van der Waals surface area contributed by atoms with E-state index in [9.17, 15) is 4.79 Å². The quantitative estimate of drug-likeness (QED) is 0.919. The fourth-order valence-electron chi connectivity index (χ4n) is 2.16. The molecule has 1 amide bonds. The van der Waals surface area contributed by atoms with E-state index in [1.54, 1.807) is 16.2 Å². The number of amides is 1. The monoisotopic (exact) mass is 288 g/mol. The number of thiophene rings is 1. The van der Waals surface area contributed by atoms with Crippen LogP contribution >= 0.6 is 11.3 Å². The molecular weight excluding hydrogens is 268 g/mol. The SMILES string of the molecule is Cc1ccsc1CN(C)C(=O)c1ccccc1CCN. The highest BCUT2D eigenvalue weighted by Gasteiger charge is 2.16. The largest absolute Gasteiger partial charge is 0.337 e. The molecule has 0 unspecified atom stereocenters. The summed E-state index contributed by atoms with van der Waals surface area (Å²) >= 11 is 1.69. The summed E-state index contributed by atoms with van der Waals surface area (Å²) in [7, 11) is 1.85. The van der Waals surface area contributed by atoms with Crippen molar-refractivity contribution in [3.05, 3.63) is 57.3 Å². The van der Waals surface area contributed by atoms with Crippen LogP contribution in [0.25, 0.3) is 0 Å². The predicted molar refractivity (Wildman–Crippen MR) is 84.1 cm³/mol. The minimum Gasteiger partial charge on any atom is -0.337 e. The van der Waals surface area contributed by atoms with Crippen molar-refractivity contribution >= 4 is 17.2 Å². The molecule has 0 aliphatic rings. The van der Waals surface area contributed by atoms with E-state index in [-0.39, 0.29) is 5.91 Å². The molecule has 0 saturated heterocycles. The summed E-state index contributed by atoms with van der Waals surface area (Å²) in [6, 6.07) is 9.79. The van der Waals surface area contributed by atoms with Gasteiger partial charge in [0.05, 0.1) is 6.54 Å². The Hall–Kier alpha value is -1.65. The maximum absolute atomic E-state index is 12.6. The van der Waals surface area contributed by atoms with Gasteiger partial charge in [-0.1, -0.05) is 18.2 Å². The summed E-state index contributed by atoms with van der Waals surface area (Å²) in [6.07, 6.45) is 0.730. The van der Waals surface area contributed by atoms with Crippen LogP contribution in [0.2, 0.25) is 0 Å². The minimum atomic E-state index is 0.0573. The average Bonchev–Trinajstić information content (AvgIpc) is 2.84. The van der Waals surface area contributed by atoms with E-state index < -0.39 is 0 Å². The van der Waals surface area contributed by atoms with Gasteiger partial charge in [0, 0.05) is 17.5 Å². The molecule has 0 spiro atoms. The Morgan fingerprint density at radius 2 is 2.05 bits per heavy atom. The van der Waals surface area contributed by atoms with E-state index in [0.29, 0.717) is 13.1 Å². The van der Waals surface area contributed by atoms with E-state index in [1.807, 2.05) is 31.3 Å². The van der Waals surface area contributed by atoms with E-state index in [0.717, 1.165) is 17.5 Å². The van der Waals surface area contributed by atoms with Crippen LogP contribution in [-0.4, -0.2) is 24.4 Å². The van der Waals surface area contributed by atoms with Crippen molar-refractivity contribution in [1.29, 1.82) is 0 Å². The minimum absolute atomic E-state index is 0.0573. The van der Waals surface area contributed by atoms with Gasteiger partial charge < -0.3 is 10.6 Å². The van der Waals surface area contributed by atoms with Crippen molar-refractivity contribution in [2.24, 2.45) is 5.73 Å². The van der Waals surface area contributed by atoms with Gasteiger partial charge in [0.25, 0.3) is 5.91 Å². The molecule has 20 heavy (non-hydrogen) atoms. The molecule has 0 aliphatic heterocycles. The Balaban J connectivity index is 2.16. The molecule has 1 heterocycles. The fourth-order valence-corrected chi connectivity index (χ4v) is 3.12. The molecule has 3 nitrogen and oxygen atoms in total. The van der Waals surface area contributed by atoms with Gasteiger partial charge >= 0.3 is 0 Å². The molecule has 2 N–H and O–H groups in total. The first-order chi connectivity index (χ1) is 9.63. The molecule has 0 aliphatic carbocycles. The number of nitrogens with zero attached hydrogens (tertiary/aromatic N) is 1. The zero-order valence-electron chi connectivity index (χ0n) is 11.9. The molecule has 0 atom stereocenters. The van der Waals surface area contributed by atoms with E-state index in [2.05, 4.69) is 18.4 Å². The summed E-state index contributed by atoms with van der Waals surface area (Å²) in [5.74, 6) is 0.0573. The number of rotatable bonds is 5. The lowest BCUT2D eigenvalue weighted by atomic mass is 10.0. The van der Waals surface area contributed by atoms with Gasteiger partial charge in [0.2, 0.25) is 0 Å². The van der Waals surface area contributed by atoms with Crippen molar-refractivity contribution in [2.75, 3.05) is 13.6 Å². The second kappa shape index (κ2) is 6.68. The second-order valence-corrected chi connectivity index (χ2v) is 5.88. The van der Waals surface area contributed by atoms with Crippen LogP contribution < -0.4 is 5.73 Å². The van der Waals surface area contributed by atoms with Crippen molar-refractivity contribution in [2.45, 2.75) is 19.9 Å². The molecule has 0 bridgehead atoms. The first kappa shape index (κ1) is 14.8. The Labute approximate surface area is 124 Å². The average molecular weight is 288 g/mol. The number of carbonyl (C=O) groups is 1. The normalized spacial score (nSPS) is 10.6. The van der Waals surface area contributed by atoms with Gasteiger partial charge in [0.15, 0.2) is 0 Å². The van der Waals surface area contributed by atoms with E-state index in [4.69, 9.17) is 5.73 Å². The molecule has 2 rings (SSSR count). The first-order valence-corrected chi connectivity index (χ1v) is 7.58. The first-order valence-electron chi connectivity index (χ1n) is 6.70. The molecule has 4 heteroatoms. The van der Waals surface area contributed by atoms with Crippen molar-refractivity contribution in [1.82, 2.24) is 4.90 Å². The molecule has 0 radical (unpaired) electrons. The van der Waals surface area contributed by atoms with Crippen LogP contribution in [0.3, 0.4) is 0 Å². The third-order valence-corrected chi connectivity index (χ3v) is 4.36. The molecule has 106 valence electrons.